The Bertz CT molecular complexity index is 459. The molecule has 0 fully saturated rings. The molecule has 0 spiro atoms. The van der Waals surface area contributed by atoms with Crippen LogP contribution in [0.25, 0.3) is 10.2 Å². The summed E-state index contributed by atoms with van der Waals surface area (Å²) in [6, 6.07) is 1.81. The fraction of sp³-hybridized carbons (Fsp3) is 0.143. The molecule has 62 valence electrons. The van der Waals surface area contributed by atoms with E-state index >= 15 is 0 Å². The fourth-order valence-corrected chi connectivity index (χ4v) is 1.74. The summed E-state index contributed by atoms with van der Waals surface area (Å²) >= 11 is 1.39. The lowest BCUT2D eigenvalue weighted by Crippen LogP contribution is -2.12. The van der Waals surface area contributed by atoms with Crippen molar-refractivity contribution in [3.8, 4) is 0 Å². The largest absolute Gasteiger partial charge is 0.324 e. The Hall–Kier alpha value is -1.20. The number of nitrogens with one attached hydrogen (secondary N) is 1. The van der Waals surface area contributed by atoms with Gasteiger partial charge in [-0.05, 0) is 11.4 Å². The van der Waals surface area contributed by atoms with Crippen molar-refractivity contribution in [2.75, 3.05) is 0 Å². The molecule has 2 heterocycles. The van der Waals surface area contributed by atoms with Crippen LogP contribution in [0, 0.1) is 0 Å². The van der Waals surface area contributed by atoms with E-state index in [1.54, 1.807) is 0 Å². The third-order valence-corrected chi connectivity index (χ3v) is 2.46. The zero-order valence-electron chi connectivity index (χ0n) is 6.20. The summed E-state index contributed by atoms with van der Waals surface area (Å²) in [5.74, 6) is 0.533. The summed E-state index contributed by atoms with van der Waals surface area (Å²) in [7, 11) is 0. The summed E-state index contributed by atoms with van der Waals surface area (Å²) in [5.41, 5.74) is 5.97. The predicted octanol–water partition coefficient (Wildman–Crippen LogP) is 0.443. The van der Waals surface area contributed by atoms with Crippen LogP contribution in [0.15, 0.2) is 16.2 Å². The molecule has 0 bridgehead atoms. The van der Waals surface area contributed by atoms with Gasteiger partial charge in [0.15, 0.2) is 0 Å². The van der Waals surface area contributed by atoms with Gasteiger partial charge in [-0.25, -0.2) is 4.98 Å². The van der Waals surface area contributed by atoms with Gasteiger partial charge in [-0.15, -0.1) is 11.3 Å². The van der Waals surface area contributed by atoms with E-state index in [-0.39, 0.29) is 12.1 Å². The Morgan fingerprint density at radius 3 is 3.25 bits per heavy atom. The summed E-state index contributed by atoms with van der Waals surface area (Å²) in [4.78, 5) is 18.0. The van der Waals surface area contributed by atoms with Crippen molar-refractivity contribution >= 4 is 21.6 Å². The molecule has 0 aliphatic rings. The number of nitrogens with two attached hydrogens (primary N) is 1. The average molecular weight is 181 g/mol. The minimum absolute atomic E-state index is 0.101. The Labute approximate surface area is 72.1 Å². The van der Waals surface area contributed by atoms with Crippen molar-refractivity contribution < 1.29 is 0 Å². The number of hydrogen-bond donors (Lipinski definition) is 2. The minimum Gasteiger partial charge on any atom is -0.324 e. The van der Waals surface area contributed by atoms with Crippen LogP contribution in [0.5, 0.6) is 0 Å². The van der Waals surface area contributed by atoms with Crippen molar-refractivity contribution in [1.29, 1.82) is 0 Å². The van der Waals surface area contributed by atoms with Crippen molar-refractivity contribution in [2.24, 2.45) is 5.73 Å². The molecule has 2 rings (SSSR count). The highest BCUT2D eigenvalue weighted by Gasteiger charge is 2.02. The maximum Gasteiger partial charge on any atom is 0.268 e. The second kappa shape index (κ2) is 2.69. The van der Waals surface area contributed by atoms with Crippen LogP contribution in [-0.4, -0.2) is 9.97 Å². The van der Waals surface area contributed by atoms with E-state index in [0.29, 0.717) is 10.5 Å². The first kappa shape index (κ1) is 7.45. The van der Waals surface area contributed by atoms with Crippen LogP contribution in [0.4, 0.5) is 0 Å². The molecular formula is C7H7N3OS. The SMILES string of the molecule is NCc1nc2ccsc2c(=O)[nH]1. The first-order valence-electron chi connectivity index (χ1n) is 3.47. The summed E-state index contributed by atoms with van der Waals surface area (Å²) < 4.78 is 0.659. The molecule has 2 aromatic rings. The first-order valence-corrected chi connectivity index (χ1v) is 4.35. The number of hydrogen-bond acceptors (Lipinski definition) is 4. The molecule has 12 heavy (non-hydrogen) atoms. The van der Waals surface area contributed by atoms with Gasteiger partial charge in [-0.1, -0.05) is 0 Å². The van der Waals surface area contributed by atoms with Gasteiger partial charge in [0.05, 0.1) is 12.1 Å². The molecule has 5 heteroatoms. The Balaban J connectivity index is 2.84. The van der Waals surface area contributed by atoms with Crippen LogP contribution in [0.1, 0.15) is 5.82 Å². The number of fused-ring (bicyclic) bond motifs is 1. The standard InChI is InChI=1S/C7H7N3OS/c8-3-5-9-4-1-2-12-6(4)7(11)10-5/h1-2H,3,8H2,(H,9,10,11). The van der Waals surface area contributed by atoms with E-state index in [1.807, 2.05) is 11.4 Å². The number of aromatic amines is 1. The molecule has 0 saturated heterocycles. The average Bonchev–Trinajstić information content (AvgIpc) is 2.52. The minimum atomic E-state index is -0.101. The Morgan fingerprint density at radius 2 is 2.50 bits per heavy atom. The molecular weight excluding hydrogens is 174 g/mol. The molecule has 4 nitrogen and oxygen atoms in total. The van der Waals surface area contributed by atoms with Crippen molar-refractivity contribution in [2.45, 2.75) is 6.54 Å². The van der Waals surface area contributed by atoms with Gasteiger partial charge in [0.2, 0.25) is 0 Å². The molecule has 0 atom stereocenters. The molecule has 0 aliphatic carbocycles. The van der Waals surface area contributed by atoms with Crippen molar-refractivity contribution in [1.82, 2.24) is 9.97 Å². The van der Waals surface area contributed by atoms with Crippen molar-refractivity contribution in [3.63, 3.8) is 0 Å². The van der Waals surface area contributed by atoms with Crippen molar-refractivity contribution in [3.05, 3.63) is 27.6 Å². The van der Waals surface area contributed by atoms with Crippen LogP contribution in [0.3, 0.4) is 0 Å². The summed E-state index contributed by atoms with van der Waals surface area (Å²) in [5, 5.41) is 1.84. The number of H-pyrrole nitrogens is 1. The zero-order valence-corrected chi connectivity index (χ0v) is 7.02. The van der Waals surface area contributed by atoms with E-state index in [9.17, 15) is 4.79 Å². The van der Waals surface area contributed by atoms with E-state index in [1.165, 1.54) is 11.3 Å². The van der Waals surface area contributed by atoms with Gasteiger partial charge in [-0.3, -0.25) is 4.79 Å². The van der Waals surface area contributed by atoms with Gasteiger partial charge >= 0.3 is 0 Å². The quantitative estimate of drug-likeness (QED) is 0.670. The predicted molar refractivity (Wildman–Crippen MR) is 48.1 cm³/mol. The monoisotopic (exact) mass is 181 g/mol. The van der Waals surface area contributed by atoms with E-state index in [4.69, 9.17) is 5.73 Å². The Kier molecular flexibility index (Phi) is 1.67. The van der Waals surface area contributed by atoms with Gasteiger partial charge in [0.1, 0.15) is 10.5 Å². The van der Waals surface area contributed by atoms with Crippen LogP contribution >= 0.6 is 11.3 Å². The van der Waals surface area contributed by atoms with Crippen LogP contribution < -0.4 is 11.3 Å². The smallest absolute Gasteiger partial charge is 0.268 e. The molecule has 0 aromatic carbocycles. The summed E-state index contributed by atoms with van der Waals surface area (Å²) in [6.07, 6.45) is 0. The fourth-order valence-electron chi connectivity index (χ4n) is 1.02. The molecule has 0 aliphatic heterocycles. The number of thiophene rings is 1. The van der Waals surface area contributed by atoms with Crippen LogP contribution in [0.2, 0.25) is 0 Å². The molecule has 0 amide bonds. The molecule has 0 saturated carbocycles. The second-order valence-corrected chi connectivity index (χ2v) is 3.27. The number of aromatic nitrogens is 2. The lowest BCUT2D eigenvalue weighted by molar-refractivity contribution is 0.915. The Morgan fingerprint density at radius 1 is 1.67 bits per heavy atom. The normalized spacial score (nSPS) is 10.8. The lowest BCUT2D eigenvalue weighted by Gasteiger charge is -1.94. The molecule has 2 aromatic heterocycles. The van der Waals surface area contributed by atoms with Gasteiger partial charge < -0.3 is 10.7 Å². The maximum atomic E-state index is 11.3. The highest BCUT2D eigenvalue weighted by molar-refractivity contribution is 7.17. The van der Waals surface area contributed by atoms with Crippen LogP contribution in [-0.2, 0) is 6.54 Å². The molecule has 0 unspecified atom stereocenters. The lowest BCUT2D eigenvalue weighted by atomic mass is 10.4. The topological polar surface area (TPSA) is 71.8 Å². The second-order valence-electron chi connectivity index (χ2n) is 2.35. The highest BCUT2D eigenvalue weighted by Crippen LogP contribution is 2.13. The van der Waals surface area contributed by atoms with Gasteiger partial charge in [-0.2, -0.15) is 0 Å². The number of rotatable bonds is 1. The number of nitrogens with zero attached hydrogens (tertiary/aromatic N) is 1. The third-order valence-electron chi connectivity index (χ3n) is 1.56. The zero-order chi connectivity index (χ0) is 8.55. The van der Waals surface area contributed by atoms with Gasteiger partial charge in [0.25, 0.3) is 5.56 Å². The van der Waals surface area contributed by atoms with E-state index in [2.05, 4.69) is 9.97 Å². The molecule has 3 N–H and O–H groups in total. The highest BCUT2D eigenvalue weighted by atomic mass is 32.1. The maximum absolute atomic E-state index is 11.3. The van der Waals surface area contributed by atoms with E-state index < -0.39 is 0 Å². The first-order chi connectivity index (χ1) is 5.81. The molecule has 0 radical (unpaired) electrons. The van der Waals surface area contributed by atoms with E-state index in [0.717, 1.165) is 5.52 Å². The summed E-state index contributed by atoms with van der Waals surface area (Å²) in [6.45, 7) is 0.265. The third kappa shape index (κ3) is 1.03. The van der Waals surface area contributed by atoms with Gasteiger partial charge in [0, 0.05) is 0 Å².